The van der Waals surface area contributed by atoms with Crippen LogP contribution in [0, 0.1) is 12.8 Å². The maximum atomic E-state index is 12.8. The van der Waals surface area contributed by atoms with E-state index in [-0.39, 0.29) is 5.56 Å². The fourth-order valence-corrected chi connectivity index (χ4v) is 6.25. The van der Waals surface area contributed by atoms with Crippen molar-refractivity contribution in [3.05, 3.63) is 56.4 Å². The average Bonchev–Trinajstić information content (AvgIpc) is 3.26. The molecule has 0 saturated heterocycles. The van der Waals surface area contributed by atoms with Gasteiger partial charge in [-0.3, -0.25) is 4.79 Å². The van der Waals surface area contributed by atoms with Gasteiger partial charge in [-0.2, -0.15) is 0 Å². The number of rotatable bonds is 4. The van der Waals surface area contributed by atoms with Crippen LogP contribution >= 0.6 is 23.1 Å². The maximum absolute atomic E-state index is 12.8. The Kier molecular flexibility index (Phi) is 4.99. The van der Waals surface area contributed by atoms with Crippen molar-refractivity contribution in [2.45, 2.75) is 44.0 Å². The Bertz CT molecular complexity index is 1300. The van der Waals surface area contributed by atoms with Crippen LogP contribution in [-0.4, -0.2) is 24.7 Å². The third-order valence-corrected chi connectivity index (χ3v) is 7.84. The number of nitrogens with zero attached hydrogens (tertiary/aromatic N) is 4. The largest absolute Gasteiger partial charge is 0.309 e. The molecule has 1 aromatic carbocycles. The van der Waals surface area contributed by atoms with E-state index in [0.717, 1.165) is 46.0 Å². The monoisotopic (exact) mass is 437 g/mol. The summed E-state index contributed by atoms with van der Waals surface area (Å²) in [6.45, 7) is 4.34. The Morgan fingerprint density at radius 2 is 2.20 bits per heavy atom. The van der Waals surface area contributed by atoms with E-state index in [1.807, 2.05) is 23.7 Å². The summed E-state index contributed by atoms with van der Waals surface area (Å²) in [5.41, 5.74) is 3.44. The van der Waals surface area contributed by atoms with E-state index in [1.165, 1.54) is 27.8 Å². The molecule has 1 atom stereocenters. The number of H-pyrrole nitrogens is 1. The number of nitrogens with one attached hydrogen (secondary N) is 1. The highest BCUT2D eigenvalue weighted by atomic mass is 32.2. The first-order valence-electron chi connectivity index (χ1n) is 10.1. The first-order chi connectivity index (χ1) is 14.5. The Labute approximate surface area is 182 Å². The normalized spacial score (nSPS) is 16.2. The molecule has 1 N–H and O–H groups in total. The minimum atomic E-state index is -0.0129. The molecule has 154 valence electrons. The van der Waals surface area contributed by atoms with Crippen molar-refractivity contribution in [1.29, 1.82) is 0 Å². The number of thiophene rings is 1. The maximum Gasteiger partial charge on any atom is 0.259 e. The van der Waals surface area contributed by atoms with Crippen LogP contribution in [0.4, 0.5) is 0 Å². The summed E-state index contributed by atoms with van der Waals surface area (Å²) in [5, 5.41) is 10.3. The van der Waals surface area contributed by atoms with Crippen molar-refractivity contribution in [3.63, 3.8) is 0 Å². The molecule has 0 amide bonds. The summed E-state index contributed by atoms with van der Waals surface area (Å²) >= 11 is 3.22. The number of thioether (sulfide) groups is 1. The SMILES string of the molecule is Cc1cccc(-c2nnc(SCc3nc4sc5c(c4c(=O)[nH]3)CCC(C)C5)n2C)c1. The number of benzene rings is 1. The molecule has 3 aromatic heterocycles. The second-order valence-corrected chi connectivity index (χ2v) is 10.1. The van der Waals surface area contributed by atoms with Gasteiger partial charge in [-0.1, -0.05) is 42.4 Å². The number of fused-ring (bicyclic) bond motifs is 3. The number of aryl methyl sites for hydroxylation is 2. The van der Waals surface area contributed by atoms with Crippen molar-refractivity contribution < 1.29 is 0 Å². The number of aromatic amines is 1. The number of aromatic nitrogens is 5. The summed E-state index contributed by atoms with van der Waals surface area (Å²) in [5.74, 6) is 2.74. The molecule has 1 unspecified atom stereocenters. The molecule has 0 aliphatic heterocycles. The van der Waals surface area contributed by atoms with E-state index >= 15 is 0 Å². The molecule has 0 saturated carbocycles. The quantitative estimate of drug-likeness (QED) is 0.476. The van der Waals surface area contributed by atoms with Crippen molar-refractivity contribution >= 4 is 33.3 Å². The van der Waals surface area contributed by atoms with Crippen molar-refractivity contribution in [2.24, 2.45) is 13.0 Å². The van der Waals surface area contributed by atoms with E-state index in [1.54, 1.807) is 11.3 Å². The van der Waals surface area contributed by atoms with Gasteiger partial charge in [0.2, 0.25) is 0 Å². The van der Waals surface area contributed by atoms with Gasteiger partial charge in [-0.05, 0) is 43.7 Å². The molecular formula is C22H23N5OS2. The van der Waals surface area contributed by atoms with Crippen LogP contribution in [0.1, 0.15) is 35.2 Å². The smallest absolute Gasteiger partial charge is 0.259 e. The molecule has 3 heterocycles. The highest BCUT2D eigenvalue weighted by Crippen LogP contribution is 2.36. The van der Waals surface area contributed by atoms with Crippen molar-refractivity contribution in [3.8, 4) is 11.4 Å². The highest BCUT2D eigenvalue weighted by Gasteiger charge is 2.23. The summed E-state index contributed by atoms with van der Waals surface area (Å²) in [6.07, 6.45) is 3.18. The third kappa shape index (κ3) is 3.48. The molecule has 5 rings (SSSR count). The van der Waals surface area contributed by atoms with Gasteiger partial charge in [-0.25, -0.2) is 4.98 Å². The Balaban J connectivity index is 1.40. The zero-order valence-corrected chi connectivity index (χ0v) is 18.9. The first-order valence-corrected chi connectivity index (χ1v) is 11.9. The number of hydrogen-bond acceptors (Lipinski definition) is 6. The second-order valence-electron chi connectivity index (χ2n) is 8.07. The summed E-state index contributed by atoms with van der Waals surface area (Å²) < 4.78 is 1.99. The first kappa shape index (κ1) is 19.5. The standard InChI is InChI=1S/C22H23N5OS2/c1-12-5-4-6-14(9-12)19-25-26-22(27(19)3)29-11-17-23-20(28)18-15-8-7-13(2)10-16(15)30-21(18)24-17/h4-6,9,13H,7-8,10-11H2,1-3H3,(H,23,24,28). The fourth-order valence-electron chi connectivity index (χ4n) is 4.07. The third-order valence-electron chi connectivity index (χ3n) is 5.66. The molecule has 1 aliphatic carbocycles. The van der Waals surface area contributed by atoms with E-state index < -0.39 is 0 Å². The van der Waals surface area contributed by atoms with Crippen LogP contribution < -0.4 is 5.56 Å². The van der Waals surface area contributed by atoms with Gasteiger partial charge >= 0.3 is 0 Å². The van der Waals surface area contributed by atoms with Crippen LogP contribution in [0.2, 0.25) is 0 Å². The van der Waals surface area contributed by atoms with Crippen LogP contribution in [0.3, 0.4) is 0 Å². The van der Waals surface area contributed by atoms with E-state index in [2.05, 4.69) is 41.2 Å². The lowest BCUT2D eigenvalue weighted by atomic mass is 9.89. The van der Waals surface area contributed by atoms with Gasteiger partial charge in [-0.15, -0.1) is 21.5 Å². The zero-order valence-electron chi connectivity index (χ0n) is 17.2. The molecular weight excluding hydrogens is 414 g/mol. The minimum absolute atomic E-state index is 0.0129. The van der Waals surface area contributed by atoms with Crippen LogP contribution in [0.5, 0.6) is 0 Å². The van der Waals surface area contributed by atoms with Crippen LogP contribution in [0.25, 0.3) is 21.6 Å². The van der Waals surface area contributed by atoms with Gasteiger partial charge in [0.05, 0.1) is 11.1 Å². The molecule has 0 radical (unpaired) electrons. The van der Waals surface area contributed by atoms with Gasteiger partial charge in [0.25, 0.3) is 5.56 Å². The minimum Gasteiger partial charge on any atom is -0.309 e. The lowest BCUT2D eigenvalue weighted by molar-refractivity contribution is 0.509. The molecule has 1 aliphatic rings. The molecule has 4 aromatic rings. The predicted octanol–water partition coefficient (Wildman–Crippen LogP) is 4.51. The molecule has 6 nitrogen and oxygen atoms in total. The van der Waals surface area contributed by atoms with Gasteiger partial charge < -0.3 is 9.55 Å². The van der Waals surface area contributed by atoms with Gasteiger partial charge in [0.1, 0.15) is 10.7 Å². The average molecular weight is 438 g/mol. The Morgan fingerprint density at radius 1 is 1.33 bits per heavy atom. The molecule has 30 heavy (non-hydrogen) atoms. The van der Waals surface area contributed by atoms with E-state index in [4.69, 9.17) is 4.98 Å². The lowest BCUT2D eigenvalue weighted by Crippen LogP contribution is -2.14. The Hall–Kier alpha value is -2.45. The van der Waals surface area contributed by atoms with Crippen molar-refractivity contribution in [1.82, 2.24) is 24.7 Å². The van der Waals surface area contributed by atoms with E-state index in [0.29, 0.717) is 17.5 Å². The zero-order chi connectivity index (χ0) is 20.8. The van der Waals surface area contributed by atoms with E-state index in [9.17, 15) is 4.79 Å². The second kappa shape index (κ2) is 7.67. The molecule has 0 spiro atoms. The van der Waals surface area contributed by atoms with Gasteiger partial charge in [0, 0.05) is 17.5 Å². The Morgan fingerprint density at radius 3 is 3.03 bits per heavy atom. The van der Waals surface area contributed by atoms with Crippen LogP contribution in [0.15, 0.2) is 34.2 Å². The van der Waals surface area contributed by atoms with Crippen LogP contribution in [-0.2, 0) is 25.6 Å². The lowest BCUT2D eigenvalue weighted by Gasteiger charge is -2.17. The summed E-state index contributed by atoms with van der Waals surface area (Å²) in [6, 6.07) is 8.23. The van der Waals surface area contributed by atoms with Gasteiger partial charge in [0.15, 0.2) is 11.0 Å². The van der Waals surface area contributed by atoms with Crippen molar-refractivity contribution in [2.75, 3.05) is 0 Å². The summed E-state index contributed by atoms with van der Waals surface area (Å²) in [4.78, 5) is 22.8. The highest BCUT2D eigenvalue weighted by molar-refractivity contribution is 7.98. The number of hydrogen-bond donors (Lipinski definition) is 1. The molecule has 8 heteroatoms. The summed E-state index contributed by atoms with van der Waals surface area (Å²) in [7, 11) is 1.97. The fraction of sp³-hybridized carbons (Fsp3) is 0.364. The predicted molar refractivity (Wildman–Crippen MR) is 122 cm³/mol. The molecule has 0 fully saturated rings. The topological polar surface area (TPSA) is 76.5 Å². The molecule has 0 bridgehead atoms.